The number of carbonyl (C=O) groups excluding carboxylic acids is 1. The van der Waals surface area contributed by atoms with Crippen LogP contribution in [0.25, 0.3) is 16.6 Å². The molecule has 0 saturated heterocycles. The maximum absolute atomic E-state index is 13.9. The van der Waals surface area contributed by atoms with Crippen molar-refractivity contribution < 1.29 is 22.4 Å². The van der Waals surface area contributed by atoms with Crippen molar-refractivity contribution in [3.63, 3.8) is 0 Å². The maximum Gasteiger partial charge on any atom is 0.419 e. The van der Waals surface area contributed by atoms with Gasteiger partial charge in [0.15, 0.2) is 0 Å². The van der Waals surface area contributed by atoms with Crippen molar-refractivity contribution >= 4 is 16.8 Å². The molecule has 5 aromatic rings. The van der Waals surface area contributed by atoms with Crippen LogP contribution in [0.15, 0.2) is 96.1 Å². The van der Waals surface area contributed by atoms with E-state index in [2.05, 4.69) is 4.98 Å². The lowest BCUT2D eigenvalue weighted by molar-refractivity contribution is -0.140. The van der Waals surface area contributed by atoms with Gasteiger partial charge in [0.05, 0.1) is 46.2 Å². The monoisotopic (exact) mass is 585 g/mol. The van der Waals surface area contributed by atoms with Gasteiger partial charge in [-0.3, -0.25) is 19.1 Å². The molecule has 0 aliphatic rings. The number of benzene rings is 3. The summed E-state index contributed by atoms with van der Waals surface area (Å²) in [5, 5.41) is 9.58. The number of rotatable bonds is 7. The second-order valence-corrected chi connectivity index (χ2v) is 9.83. The van der Waals surface area contributed by atoms with Crippen molar-refractivity contribution in [2.24, 2.45) is 0 Å². The molecule has 1 atom stereocenters. The van der Waals surface area contributed by atoms with Gasteiger partial charge in [-0.1, -0.05) is 24.3 Å². The van der Waals surface area contributed by atoms with Crippen molar-refractivity contribution in [2.75, 3.05) is 0 Å². The average molecular weight is 586 g/mol. The Labute approximate surface area is 243 Å². The van der Waals surface area contributed by atoms with Crippen LogP contribution in [0.1, 0.15) is 41.0 Å². The van der Waals surface area contributed by atoms with E-state index in [-0.39, 0.29) is 17.9 Å². The third-order valence-electron chi connectivity index (χ3n) is 6.99. The molecule has 0 bridgehead atoms. The van der Waals surface area contributed by atoms with E-state index < -0.39 is 41.5 Å². The lowest BCUT2D eigenvalue weighted by Crippen LogP contribution is -2.38. The quantitative estimate of drug-likeness (QED) is 0.214. The minimum absolute atomic E-state index is 0.00275. The van der Waals surface area contributed by atoms with Gasteiger partial charge in [-0.15, -0.1) is 0 Å². The molecule has 0 N–H and O–H groups in total. The van der Waals surface area contributed by atoms with Crippen LogP contribution in [0.4, 0.5) is 17.6 Å². The van der Waals surface area contributed by atoms with Crippen molar-refractivity contribution in [3.05, 3.63) is 136 Å². The molecule has 0 saturated carbocycles. The zero-order valence-corrected chi connectivity index (χ0v) is 22.7. The van der Waals surface area contributed by atoms with Crippen LogP contribution in [-0.4, -0.2) is 25.3 Å². The number of nitriles is 1. The van der Waals surface area contributed by atoms with E-state index >= 15 is 0 Å². The third kappa shape index (κ3) is 6.13. The number of nitrogens with zero attached hydrogens (tertiary/aromatic N) is 5. The molecule has 0 aliphatic heterocycles. The largest absolute Gasteiger partial charge is 0.419 e. The zero-order chi connectivity index (χ0) is 30.7. The summed E-state index contributed by atoms with van der Waals surface area (Å²) in [5.41, 5.74) is -0.0858. The SMILES string of the molecule is C[C@H](c1nc2ccccc2c(=O)n1-c1ccc(C#N)cc1)N(Cc1cccnc1)C(=O)Cc1ccc(F)c(C(F)(F)F)c1. The van der Waals surface area contributed by atoms with E-state index in [1.54, 1.807) is 80.0 Å². The highest BCUT2D eigenvalue weighted by Crippen LogP contribution is 2.32. The first-order chi connectivity index (χ1) is 20.6. The normalized spacial score (nSPS) is 12.1. The Morgan fingerprint density at radius 1 is 1.02 bits per heavy atom. The van der Waals surface area contributed by atoms with Gasteiger partial charge in [-0.05, 0) is 72.6 Å². The van der Waals surface area contributed by atoms with E-state index in [1.165, 1.54) is 9.47 Å². The van der Waals surface area contributed by atoms with Gasteiger partial charge in [0, 0.05) is 18.9 Å². The summed E-state index contributed by atoms with van der Waals surface area (Å²) in [6, 6.07) is 20.0. The summed E-state index contributed by atoms with van der Waals surface area (Å²) >= 11 is 0. The van der Waals surface area contributed by atoms with Crippen LogP contribution >= 0.6 is 0 Å². The first-order valence-electron chi connectivity index (χ1n) is 13.1. The van der Waals surface area contributed by atoms with Crippen LogP contribution in [0.3, 0.4) is 0 Å². The maximum atomic E-state index is 13.9. The second kappa shape index (κ2) is 11.9. The van der Waals surface area contributed by atoms with Gasteiger partial charge in [0.25, 0.3) is 5.56 Å². The Morgan fingerprint density at radius 2 is 1.77 bits per heavy atom. The molecule has 0 spiro atoms. The van der Waals surface area contributed by atoms with Crippen LogP contribution in [0.2, 0.25) is 0 Å². The van der Waals surface area contributed by atoms with E-state index in [4.69, 9.17) is 4.98 Å². The lowest BCUT2D eigenvalue weighted by Gasteiger charge is -2.31. The molecule has 216 valence electrons. The number of para-hydroxylation sites is 1. The molecular formula is C32H23F4N5O2. The number of amides is 1. The Hall–Kier alpha value is -5.37. The first kappa shape index (κ1) is 29.1. The molecule has 0 radical (unpaired) electrons. The number of fused-ring (bicyclic) bond motifs is 1. The van der Waals surface area contributed by atoms with E-state index in [0.29, 0.717) is 39.8 Å². The number of alkyl halides is 3. The molecule has 0 fully saturated rings. The molecule has 5 rings (SSSR count). The highest BCUT2D eigenvalue weighted by Gasteiger charge is 2.35. The third-order valence-corrected chi connectivity index (χ3v) is 6.99. The molecule has 1 amide bonds. The molecule has 11 heteroatoms. The topological polar surface area (TPSA) is 91.9 Å². The molecule has 3 aromatic carbocycles. The zero-order valence-electron chi connectivity index (χ0n) is 22.7. The smallest absolute Gasteiger partial charge is 0.328 e. The van der Waals surface area contributed by atoms with Crippen LogP contribution in [-0.2, 0) is 23.9 Å². The van der Waals surface area contributed by atoms with E-state index in [9.17, 15) is 32.4 Å². The van der Waals surface area contributed by atoms with Gasteiger partial charge >= 0.3 is 6.18 Å². The van der Waals surface area contributed by atoms with Gasteiger partial charge in [0.1, 0.15) is 11.6 Å². The molecule has 43 heavy (non-hydrogen) atoms. The standard InChI is InChI=1S/C32H23F4N5O2/c1-20(30-39-28-7-3-2-6-25(28)31(43)41(30)24-11-8-21(17-37)9-12-24)40(19-23-5-4-14-38-18-23)29(42)16-22-10-13-27(33)26(15-22)32(34,35)36/h2-15,18,20H,16,19H2,1H3/t20-/m1/s1. The number of hydrogen-bond acceptors (Lipinski definition) is 5. The Morgan fingerprint density at radius 3 is 2.44 bits per heavy atom. The summed E-state index contributed by atoms with van der Waals surface area (Å²) < 4.78 is 55.4. The number of pyridine rings is 1. The van der Waals surface area contributed by atoms with Crippen LogP contribution in [0, 0.1) is 17.1 Å². The van der Waals surface area contributed by atoms with Gasteiger partial charge < -0.3 is 4.90 Å². The van der Waals surface area contributed by atoms with Crippen molar-refractivity contribution in [2.45, 2.75) is 32.1 Å². The summed E-state index contributed by atoms with van der Waals surface area (Å²) in [6.07, 6.45) is -2.29. The number of carbonyl (C=O) groups is 1. The predicted octanol–water partition coefficient (Wildman–Crippen LogP) is 6.14. The first-order valence-corrected chi connectivity index (χ1v) is 13.1. The van der Waals surface area contributed by atoms with Gasteiger partial charge in [0.2, 0.25) is 5.91 Å². The predicted molar refractivity (Wildman–Crippen MR) is 150 cm³/mol. The average Bonchev–Trinajstić information content (AvgIpc) is 3.00. The number of hydrogen-bond donors (Lipinski definition) is 0. The molecule has 0 aliphatic carbocycles. The Kier molecular flexibility index (Phi) is 8.03. The molecular weight excluding hydrogens is 562 g/mol. The highest BCUT2D eigenvalue weighted by atomic mass is 19.4. The highest BCUT2D eigenvalue weighted by molar-refractivity contribution is 5.80. The van der Waals surface area contributed by atoms with Gasteiger partial charge in [-0.25, -0.2) is 9.37 Å². The summed E-state index contributed by atoms with van der Waals surface area (Å²) in [6.45, 7) is 1.66. The molecule has 0 unspecified atom stereocenters. The van der Waals surface area contributed by atoms with Crippen molar-refractivity contribution in [1.29, 1.82) is 5.26 Å². The van der Waals surface area contributed by atoms with Crippen molar-refractivity contribution in [3.8, 4) is 11.8 Å². The van der Waals surface area contributed by atoms with Crippen molar-refractivity contribution in [1.82, 2.24) is 19.4 Å². The van der Waals surface area contributed by atoms with E-state index in [1.807, 2.05) is 6.07 Å². The van der Waals surface area contributed by atoms with Gasteiger partial charge in [-0.2, -0.15) is 18.4 Å². The Balaban J connectivity index is 1.63. The lowest BCUT2D eigenvalue weighted by atomic mass is 10.0. The molecule has 7 nitrogen and oxygen atoms in total. The van der Waals surface area contributed by atoms with Crippen LogP contribution < -0.4 is 5.56 Å². The number of aromatic nitrogens is 3. The molecule has 2 aromatic heterocycles. The summed E-state index contributed by atoms with van der Waals surface area (Å²) in [5.74, 6) is -1.82. The minimum Gasteiger partial charge on any atom is -0.328 e. The minimum atomic E-state index is -4.93. The fraction of sp³-hybridized carbons (Fsp3) is 0.156. The summed E-state index contributed by atoms with van der Waals surface area (Å²) in [7, 11) is 0. The second-order valence-electron chi connectivity index (χ2n) is 9.83. The molecule has 2 heterocycles. The van der Waals surface area contributed by atoms with Crippen LogP contribution in [0.5, 0.6) is 0 Å². The van der Waals surface area contributed by atoms with E-state index in [0.717, 1.165) is 6.07 Å². The number of halogens is 4. The summed E-state index contributed by atoms with van der Waals surface area (Å²) in [4.78, 5) is 37.9. The fourth-order valence-electron chi connectivity index (χ4n) is 4.81. The Bertz CT molecular complexity index is 1900. The fourth-order valence-corrected chi connectivity index (χ4v) is 4.81.